The van der Waals surface area contributed by atoms with Crippen molar-refractivity contribution in [3.05, 3.63) is 34.3 Å². The highest BCUT2D eigenvalue weighted by atomic mass is 79.9. The summed E-state index contributed by atoms with van der Waals surface area (Å²) in [7, 11) is 0. The van der Waals surface area contributed by atoms with E-state index >= 15 is 0 Å². The quantitative estimate of drug-likeness (QED) is 0.665. The van der Waals surface area contributed by atoms with E-state index in [1.807, 2.05) is 0 Å². The van der Waals surface area contributed by atoms with Crippen molar-refractivity contribution in [3.63, 3.8) is 0 Å². The second-order valence-electron chi connectivity index (χ2n) is 4.95. The topological polar surface area (TPSA) is 0 Å². The molecule has 0 spiro atoms. The van der Waals surface area contributed by atoms with Crippen LogP contribution in [0.25, 0.3) is 0 Å². The van der Waals surface area contributed by atoms with E-state index in [0.29, 0.717) is 10.2 Å². The van der Waals surface area contributed by atoms with E-state index in [2.05, 4.69) is 76.9 Å². The zero-order valence-electron chi connectivity index (χ0n) is 9.56. The lowest BCUT2D eigenvalue weighted by Gasteiger charge is -2.26. The largest absolute Gasteiger partial charge is 0.0893 e. The molecule has 0 amide bonds. The van der Waals surface area contributed by atoms with Crippen LogP contribution in [0.4, 0.5) is 0 Å². The van der Waals surface area contributed by atoms with Crippen molar-refractivity contribution in [1.82, 2.24) is 0 Å². The Balaban J connectivity index is 2.64. The van der Waals surface area contributed by atoms with Gasteiger partial charge in [-0.15, -0.1) is 0 Å². The molecule has 0 saturated heterocycles. The van der Waals surface area contributed by atoms with Gasteiger partial charge in [0.05, 0.1) is 0 Å². The first-order valence-electron chi connectivity index (χ1n) is 5.27. The van der Waals surface area contributed by atoms with Gasteiger partial charge in [0.1, 0.15) is 0 Å². The van der Waals surface area contributed by atoms with Crippen LogP contribution in [0.2, 0.25) is 0 Å². The summed E-state index contributed by atoms with van der Waals surface area (Å²) in [5.74, 6) is 0. The Hall–Kier alpha value is 0.180. The predicted octanol–water partition coefficient (Wildman–Crippen LogP) is 5.19. The maximum absolute atomic E-state index is 3.63. The van der Waals surface area contributed by atoms with Gasteiger partial charge in [-0.05, 0) is 36.0 Å². The zero-order chi connectivity index (χ0) is 11.5. The van der Waals surface area contributed by atoms with E-state index in [4.69, 9.17) is 0 Å². The summed E-state index contributed by atoms with van der Waals surface area (Å²) in [4.78, 5) is 0.586. The van der Waals surface area contributed by atoms with E-state index in [0.717, 1.165) is 10.9 Å². The summed E-state index contributed by atoms with van der Waals surface area (Å²) in [6.45, 7) is 6.86. The summed E-state index contributed by atoms with van der Waals surface area (Å²) in [6.07, 6.45) is 2.33. The van der Waals surface area contributed by atoms with Gasteiger partial charge in [0.2, 0.25) is 0 Å². The molecule has 0 aliphatic heterocycles. The second kappa shape index (κ2) is 5.49. The Morgan fingerprint density at radius 2 is 1.73 bits per heavy atom. The maximum atomic E-state index is 3.63. The minimum atomic E-state index is 0.358. The van der Waals surface area contributed by atoms with Crippen molar-refractivity contribution < 1.29 is 0 Å². The fourth-order valence-electron chi connectivity index (χ4n) is 1.99. The predicted molar refractivity (Wildman–Crippen MR) is 74.6 cm³/mol. The van der Waals surface area contributed by atoms with E-state index in [-0.39, 0.29) is 0 Å². The van der Waals surface area contributed by atoms with Crippen LogP contribution in [0.15, 0.2) is 28.7 Å². The van der Waals surface area contributed by atoms with Crippen LogP contribution >= 0.6 is 31.9 Å². The lowest BCUT2D eigenvalue weighted by Crippen LogP contribution is -2.18. The van der Waals surface area contributed by atoms with Gasteiger partial charge in [-0.1, -0.05) is 64.8 Å². The average molecular weight is 334 g/mol. The molecular weight excluding hydrogens is 316 g/mol. The molecule has 0 aromatic heterocycles. The van der Waals surface area contributed by atoms with E-state index in [1.165, 1.54) is 12.0 Å². The Kier molecular flexibility index (Phi) is 4.85. The van der Waals surface area contributed by atoms with Crippen LogP contribution in [0, 0.1) is 5.41 Å². The van der Waals surface area contributed by atoms with Gasteiger partial charge in [0, 0.05) is 9.30 Å². The molecule has 1 rings (SSSR count). The third-order valence-corrected chi connectivity index (χ3v) is 3.28. The molecular formula is C13H18Br2. The van der Waals surface area contributed by atoms with Crippen molar-refractivity contribution in [1.29, 1.82) is 0 Å². The fourth-order valence-corrected chi connectivity index (χ4v) is 3.13. The van der Waals surface area contributed by atoms with Crippen LogP contribution in [-0.4, -0.2) is 4.83 Å². The molecule has 1 atom stereocenters. The number of halogens is 2. The van der Waals surface area contributed by atoms with Gasteiger partial charge in [-0.2, -0.15) is 0 Å². The molecule has 0 saturated carbocycles. The zero-order valence-corrected chi connectivity index (χ0v) is 12.7. The highest BCUT2D eigenvalue weighted by Crippen LogP contribution is 2.30. The molecule has 0 heterocycles. The molecule has 0 aliphatic rings. The first-order chi connectivity index (χ1) is 6.89. The average Bonchev–Trinajstić information content (AvgIpc) is 2.06. The monoisotopic (exact) mass is 332 g/mol. The highest BCUT2D eigenvalue weighted by molar-refractivity contribution is 9.10. The third kappa shape index (κ3) is 5.17. The Morgan fingerprint density at radius 1 is 1.20 bits per heavy atom. The van der Waals surface area contributed by atoms with Crippen molar-refractivity contribution in [2.75, 3.05) is 0 Å². The SMILES string of the molecule is CC(Br)CC(C)(C)Cc1ccc(Br)cc1. The van der Waals surface area contributed by atoms with Gasteiger partial charge < -0.3 is 0 Å². The highest BCUT2D eigenvalue weighted by Gasteiger charge is 2.20. The molecule has 0 nitrogen and oxygen atoms in total. The molecule has 15 heavy (non-hydrogen) atoms. The molecule has 1 aromatic rings. The summed E-state index contributed by atoms with van der Waals surface area (Å²) >= 11 is 7.09. The van der Waals surface area contributed by atoms with E-state index < -0.39 is 0 Å². The lowest BCUT2D eigenvalue weighted by molar-refractivity contribution is 0.335. The molecule has 2 heteroatoms. The van der Waals surface area contributed by atoms with Gasteiger partial charge in [-0.25, -0.2) is 0 Å². The number of hydrogen-bond acceptors (Lipinski definition) is 0. The third-order valence-electron chi connectivity index (χ3n) is 2.43. The standard InChI is InChI=1S/C13H18Br2/c1-10(14)8-13(2,3)9-11-4-6-12(15)7-5-11/h4-7,10H,8-9H2,1-3H3. The van der Waals surface area contributed by atoms with Gasteiger partial charge in [0.15, 0.2) is 0 Å². The van der Waals surface area contributed by atoms with E-state index in [1.54, 1.807) is 0 Å². The molecule has 0 radical (unpaired) electrons. The van der Waals surface area contributed by atoms with Crippen LogP contribution < -0.4 is 0 Å². The second-order valence-corrected chi connectivity index (χ2v) is 7.43. The lowest BCUT2D eigenvalue weighted by atomic mass is 9.82. The van der Waals surface area contributed by atoms with Gasteiger partial charge in [-0.3, -0.25) is 0 Å². The van der Waals surface area contributed by atoms with Crippen molar-refractivity contribution >= 4 is 31.9 Å². The summed E-state index contributed by atoms with van der Waals surface area (Å²) in [5.41, 5.74) is 1.77. The minimum Gasteiger partial charge on any atom is -0.0893 e. The minimum absolute atomic E-state index is 0.358. The van der Waals surface area contributed by atoms with Gasteiger partial charge >= 0.3 is 0 Å². The van der Waals surface area contributed by atoms with Crippen LogP contribution in [-0.2, 0) is 6.42 Å². The summed E-state index contributed by atoms with van der Waals surface area (Å²) < 4.78 is 1.15. The Bertz CT molecular complexity index is 299. The van der Waals surface area contributed by atoms with Crippen LogP contribution in [0.1, 0.15) is 32.8 Å². The first kappa shape index (κ1) is 13.2. The van der Waals surface area contributed by atoms with Gasteiger partial charge in [0.25, 0.3) is 0 Å². The summed E-state index contributed by atoms with van der Waals surface area (Å²) in [5, 5.41) is 0. The fraction of sp³-hybridized carbons (Fsp3) is 0.538. The molecule has 0 bridgehead atoms. The van der Waals surface area contributed by atoms with Crippen molar-refractivity contribution in [2.45, 2.75) is 38.4 Å². The van der Waals surface area contributed by atoms with E-state index in [9.17, 15) is 0 Å². The number of benzene rings is 1. The molecule has 1 aromatic carbocycles. The van der Waals surface area contributed by atoms with Crippen molar-refractivity contribution in [3.8, 4) is 0 Å². The van der Waals surface area contributed by atoms with Crippen LogP contribution in [0.5, 0.6) is 0 Å². The maximum Gasteiger partial charge on any atom is 0.0175 e. The normalized spacial score (nSPS) is 13.9. The number of alkyl halides is 1. The number of rotatable bonds is 4. The molecule has 1 unspecified atom stereocenters. The molecule has 0 N–H and O–H groups in total. The van der Waals surface area contributed by atoms with Crippen LogP contribution in [0.3, 0.4) is 0 Å². The Labute approximate surface area is 110 Å². The Morgan fingerprint density at radius 3 is 2.20 bits per heavy atom. The smallest absolute Gasteiger partial charge is 0.0175 e. The summed E-state index contributed by atoms with van der Waals surface area (Å²) in [6, 6.07) is 8.63. The first-order valence-corrected chi connectivity index (χ1v) is 6.98. The molecule has 0 aliphatic carbocycles. The molecule has 84 valence electrons. The molecule has 0 fully saturated rings. The van der Waals surface area contributed by atoms with Crippen molar-refractivity contribution in [2.24, 2.45) is 5.41 Å². The number of hydrogen-bond donors (Lipinski definition) is 0.